The van der Waals surface area contributed by atoms with E-state index in [1.54, 1.807) is 12.4 Å². The van der Waals surface area contributed by atoms with E-state index in [1.165, 1.54) is 5.01 Å². The molecule has 2 N–H and O–H groups in total. The first kappa shape index (κ1) is 5.34. The zero-order valence-corrected chi connectivity index (χ0v) is 4.41. The van der Waals surface area contributed by atoms with Gasteiger partial charge in [0.05, 0.1) is 0 Å². The van der Waals surface area contributed by atoms with Crippen LogP contribution in [0.15, 0.2) is 24.6 Å². The molecule has 44 valence electrons. The van der Waals surface area contributed by atoms with Crippen molar-refractivity contribution in [2.24, 2.45) is 0 Å². The van der Waals surface area contributed by atoms with Gasteiger partial charge in [0, 0.05) is 12.4 Å². The zero-order valence-electron chi connectivity index (χ0n) is 4.41. The number of nitrogens with one attached hydrogen (secondary N) is 1. The van der Waals surface area contributed by atoms with Crippen LogP contribution in [0.4, 0.5) is 0 Å². The molecule has 0 aromatic heterocycles. The summed E-state index contributed by atoms with van der Waals surface area (Å²) in [7, 11) is 0. The van der Waals surface area contributed by atoms with Crippen molar-refractivity contribution in [3.63, 3.8) is 0 Å². The predicted octanol–water partition coefficient (Wildman–Crippen LogP) is 0.613. The van der Waals surface area contributed by atoms with Crippen molar-refractivity contribution in [1.29, 1.82) is 0 Å². The second kappa shape index (κ2) is 2.49. The van der Waals surface area contributed by atoms with Crippen LogP contribution < -0.4 is 5.59 Å². The monoisotopic (exact) mass is 112 g/mol. The van der Waals surface area contributed by atoms with Gasteiger partial charge in [-0.2, -0.15) is 0 Å². The zero-order chi connectivity index (χ0) is 5.82. The Labute approximate surface area is 47.8 Å². The maximum absolute atomic E-state index is 8.26. The lowest BCUT2D eigenvalue weighted by Crippen LogP contribution is -2.25. The van der Waals surface area contributed by atoms with Gasteiger partial charge in [-0.3, -0.25) is 10.2 Å². The Morgan fingerprint density at radius 1 is 1.38 bits per heavy atom. The Kier molecular flexibility index (Phi) is 1.66. The average Bonchev–Trinajstić information content (AvgIpc) is 1.90. The number of hydrogen-bond donors (Lipinski definition) is 2. The fourth-order valence-electron chi connectivity index (χ4n) is 0.544. The normalized spacial score (nSPS) is 17.4. The van der Waals surface area contributed by atoms with Crippen molar-refractivity contribution >= 4 is 0 Å². The Bertz CT molecular complexity index is 108. The maximum atomic E-state index is 8.26. The van der Waals surface area contributed by atoms with Crippen molar-refractivity contribution in [3.8, 4) is 0 Å². The van der Waals surface area contributed by atoms with E-state index in [0.29, 0.717) is 0 Å². The molecule has 1 heterocycles. The van der Waals surface area contributed by atoms with Gasteiger partial charge >= 0.3 is 0 Å². The number of hydrazine groups is 1. The van der Waals surface area contributed by atoms with Crippen molar-refractivity contribution in [2.75, 3.05) is 0 Å². The van der Waals surface area contributed by atoms with Crippen LogP contribution >= 0.6 is 0 Å². The maximum Gasteiger partial charge on any atom is 0.0194 e. The standard InChI is InChI=1S/C5H8N2O/c8-6-7-4-2-1-3-5-7/h2-6,8H,1H2. The number of allylic oxidation sites excluding steroid dienone is 2. The van der Waals surface area contributed by atoms with Gasteiger partial charge in [-0.25, -0.2) is 0 Å². The predicted molar refractivity (Wildman–Crippen MR) is 29.7 cm³/mol. The minimum Gasteiger partial charge on any atom is -0.297 e. The molecule has 0 bridgehead atoms. The molecule has 3 heteroatoms. The molecular weight excluding hydrogens is 104 g/mol. The number of nitrogens with zero attached hydrogens (tertiary/aromatic N) is 1. The molecule has 0 atom stereocenters. The summed E-state index contributed by atoms with van der Waals surface area (Å²) in [6.07, 6.45) is 8.31. The smallest absolute Gasteiger partial charge is 0.0194 e. The summed E-state index contributed by atoms with van der Waals surface area (Å²) in [6.45, 7) is 0. The Hall–Kier alpha value is -0.800. The van der Waals surface area contributed by atoms with Crippen LogP contribution in [0.2, 0.25) is 0 Å². The highest BCUT2D eigenvalue weighted by atomic mass is 16.5. The van der Waals surface area contributed by atoms with Gasteiger partial charge in [0.25, 0.3) is 0 Å². The van der Waals surface area contributed by atoms with Gasteiger partial charge in [-0.05, 0) is 6.42 Å². The summed E-state index contributed by atoms with van der Waals surface area (Å²) < 4.78 is 0. The Morgan fingerprint density at radius 2 is 2.00 bits per heavy atom. The largest absolute Gasteiger partial charge is 0.297 e. The topological polar surface area (TPSA) is 35.5 Å². The lowest BCUT2D eigenvalue weighted by molar-refractivity contribution is 0.0455. The minimum absolute atomic E-state index is 0.943. The van der Waals surface area contributed by atoms with Gasteiger partial charge in [0.1, 0.15) is 0 Å². The number of hydrogen-bond acceptors (Lipinski definition) is 3. The van der Waals surface area contributed by atoms with Gasteiger partial charge in [0.2, 0.25) is 0 Å². The molecule has 3 nitrogen and oxygen atoms in total. The second-order valence-electron chi connectivity index (χ2n) is 1.51. The molecule has 0 saturated carbocycles. The summed E-state index contributed by atoms with van der Waals surface area (Å²) in [5.74, 6) is 0. The van der Waals surface area contributed by atoms with Crippen LogP contribution in [0.5, 0.6) is 0 Å². The molecule has 1 aliphatic heterocycles. The third-order valence-electron chi connectivity index (χ3n) is 0.920. The number of rotatable bonds is 1. The first-order valence-corrected chi connectivity index (χ1v) is 2.45. The summed E-state index contributed by atoms with van der Waals surface area (Å²) in [5, 5.41) is 9.73. The highest BCUT2D eigenvalue weighted by Crippen LogP contribution is 1.96. The second-order valence-corrected chi connectivity index (χ2v) is 1.51. The van der Waals surface area contributed by atoms with Crippen LogP contribution in [0, 0.1) is 0 Å². The molecule has 1 rings (SSSR count). The fraction of sp³-hybridized carbons (Fsp3) is 0.200. The summed E-state index contributed by atoms with van der Waals surface area (Å²) >= 11 is 0. The van der Waals surface area contributed by atoms with Crippen LogP contribution in [0.3, 0.4) is 0 Å². The van der Waals surface area contributed by atoms with E-state index in [9.17, 15) is 0 Å². The molecule has 1 aliphatic rings. The fourth-order valence-corrected chi connectivity index (χ4v) is 0.544. The quantitative estimate of drug-likeness (QED) is 0.488. The van der Waals surface area contributed by atoms with Gasteiger partial charge in [0.15, 0.2) is 0 Å². The van der Waals surface area contributed by atoms with E-state index in [0.717, 1.165) is 6.42 Å². The lowest BCUT2D eigenvalue weighted by atomic mass is 10.3. The average molecular weight is 112 g/mol. The molecule has 0 aliphatic carbocycles. The molecule has 0 spiro atoms. The Morgan fingerprint density at radius 3 is 2.38 bits per heavy atom. The molecule has 0 fully saturated rings. The van der Waals surface area contributed by atoms with E-state index < -0.39 is 0 Å². The molecule has 0 radical (unpaired) electrons. The van der Waals surface area contributed by atoms with Crippen molar-refractivity contribution in [1.82, 2.24) is 10.6 Å². The summed E-state index contributed by atoms with van der Waals surface area (Å²) in [4.78, 5) is 0. The van der Waals surface area contributed by atoms with Crippen molar-refractivity contribution in [2.45, 2.75) is 6.42 Å². The van der Waals surface area contributed by atoms with E-state index in [4.69, 9.17) is 5.21 Å². The highest BCUT2D eigenvalue weighted by molar-refractivity contribution is 4.99. The van der Waals surface area contributed by atoms with Crippen LogP contribution in [0.1, 0.15) is 6.42 Å². The van der Waals surface area contributed by atoms with Crippen molar-refractivity contribution in [3.05, 3.63) is 24.6 Å². The Balaban J connectivity index is 2.42. The molecule has 8 heavy (non-hydrogen) atoms. The summed E-state index contributed by atoms with van der Waals surface area (Å²) in [6, 6.07) is 0. The molecule has 0 amide bonds. The van der Waals surface area contributed by atoms with Crippen LogP contribution in [0.25, 0.3) is 0 Å². The van der Waals surface area contributed by atoms with Crippen molar-refractivity contribution < 1.29 is 5.21 Å². The first-order valence-electron chi connectivity index (χ1n) is 2.45. The molecule has 0 unspecified atom stereocenters. The van der Waals surface area contributed by atoms with Gasteiger partial charge in [-0.1, -0.05) is 12.2 Å². The minimum atomic E-state index is 0.943. The third kappa shape index (κ3) is 1.08. The van der Waals surface area contributed by atoms with E-state index in [2.05, 4.69) is 0 Å². The summed E-state index contributed by atoms with van der Waals surface area (Å²) in [5.41, 5.74) is 1.96. The van der Waals surface area contributed by atoms with Crippen LogP contribution in [-0.2, 0) is 0 Å². The molecule has 0 aromatic carbocycles. The highest BCUT2D eigenvalue weighted by Gasteiger charge is 1.90. The SMILES string of the molecule is ONN1C=CCC=C1. The molecule has 0 saturated heterocycles. The van der Waals surface area contributed by atoms with E-state index >= 15 is 0 Å². The van der Waals surface area contributed by atoms with Gasteiger partial charge < -0.3 is 0 Å². The molecular formula is C5H8N2O. The molecule has 0 aromatic rings. The van der Waals surface area contributed by atoms with Crippen LogP contribution in [-0.4, -0.2) is 10.2 Å². The lowest BCUT2D eigenvalue weighted by Gasteiger charge is -2.13. The van der Waals surface area contributed by atoms with Gasteiger partial charge in [-0.15, -0.1) is 5.59 Å². The van der Waals surface area contributed by atoms with E-state index in [1.807, 2.05) is 17.7 Å². The van der Waals surface area contributed by atoms with E-state index in [-0.39, 0.29) is 0 Å². The third-order valence-corrected chi connectivity index (χ3v) is 0.920. The first-order chi connectivity index (χ1) is 3.93.